The molecule has 1 atom stereocenters. The van der Waals surface area contributed by atoms with Crippen LogP contribution in [0.15, 0.2) is 24.3 Å². The smallest absolute Gasteiger partial charge is 0.142 e. The molecule has 0 amide bonds. The summed E-state index contributed by atoms with van der Waals surface area (Å²) >= 11 is 0. The number of para-hydroxylation sites is 2. The molecule has 1 aliphatic rings. The number of anilines is 1. The molecule has 0 spiro atoms. The van der Waals surface area contributed by atoms with Gasteiger partial charge in [0.15, 0.2) is 0 Å². The maximum absolute atomic E-state index is 6.08. The number of hydrogen-bond donors (Lipinski definition) is 1. The Morgan fingerprint density at radius 3 is 2.80 bits per heavy atom. The van der Waals surface area contributed by atoms with Crippen molar-refractivity contribution in [1.82, 2.24) is 9.80 Å². The van der Waals surface area contributed by atoms with Crippen LogP contribution in [0.5, 0.6) is 5.75 Å². The molecule has 1 aliphatic heterocycles. The Labute approximate surface area is 122 Å². The summed E-state index contributed by atoms with van der Waals surface area (Å²) in [7, 11) is 4.25. The van der Waals surface area contributed by atoms with Crippen molar-refractivity contribution in [3.05, 3.63) is 24.3 Å². The summed E-state index contributed by atoms with van der Waals surface area (Å²) < 4.78 is 6.08. The van der Waals surface area contributed by atoms with Gasteiger partial charge in [0.2, 0.25) is 0 Å². The second kappa shape index (κ2) is 7.50. The van der Waals surface area contributed by atoms with Crippen LogP contribution in [-0.4, -0.2) is 62.7 Å². The standard InChI is InChI=1S/C16H27N3O/c1-4-19(11-7-10-18(2)3)13-14-12-17-15-8-5-6-9-16(15)20-14/h5-6,8-9,14,17H,4,7,10-13H2,1-3H3. The minimum atomic E-state index is 0.240. The van der Waals surface area contributed by atoms with Gasteiger partial charge >= 0.3 is 0 Å². The molecular weight excluding hydrogens is 250 g/mol. The molecule has 0 bridgehead atoms. The number of nitrogens with one attached hydrogen (secondary N) is 1. The molecule has 1 unspecified atom stereocenters. The summed E-state index contributed by atoms with van der Waals surface area (Å²) in [5.74, 6) is 0.980. The lowest BCUT2D eigenvalue weighted by molar-refractivity contribution is 0.136. The highest BCUT2D eigenvalue weighted by molar-refractivity contribution is 5.57. The number of likely N-dealkylation sites (N-methyl/N-ethyl adjacent to an activating group) is 1. The monoisotopic (exact) mass is 277 g/mol. The van der Waals surface area contributed by atoms with E-state index in [1.165, 1.54) is 6.42 Å². The fourth-order valence-corrected chi connectivity index (χ4v) is 2.54. The highest BCUT2D eigenvalue weighted by Gasteiger charge is 2.20. The normalized spacial score (nSPS) is 17.8. The number of hydrogen-bond acceptors (Lipinski definition) is 4. The molecule has 2 rings (SSSR count). The van der Waals surface area contributed by atoms with E-state index in [1.807, 2.05) is 18.2 Å². The highest BCUT2D eigenvalue weighted by atomic mass is 16.5. The van der Waals surface area contributed by atoms with Gasteiger partial charge in [-0.15, -0.1) is 0 Å². The molecule has 0 saturated heterocycles. The van der Waals surface area contributed by atoms with Gasteiger partial charge in [0.25, 0.3) is 0 Å². The van der Waals surface area contributed by atoms with Gasteiger partial charge in [-0.25, -0.2) is 0 Å². The average Bonchev–Trinajstić information content (AvgIpc) is 2.45. The zero-order valence-corrected chi connectivity index (χ0v) is 12.9. The van der Waals surface area contributed by atoms with Crippen LogP contribution in [0, 0.1) is 0 Å². The Balaban J connectivity index is 1.80. The Hall–Kier alpha value is -1.26. The molecular formula is C16H27N3O. The third kappa shape index (κ3) is 4.39. The first kappa shape index (κ1) is 15.1. The highest BCUT2D eigenvalue weighted by Crippen LogP contribution is 2.28. The molecule has 20 heavy (non-hydrogen) atoms. The minimum Gasteiger partial charge on any atom is -0.485 e. The van der Waals surface area contributed by atoms with E-state index < -0.39 is 0 Å². The molecule has 1 N–H and O–H groups in total. The van der Waals surface area contributed by atoms with Crippen molar-refractivity contribution in [2.45, 2.75) is 19.4 Å². The third-order valence-electron chi connectivity index (χ3n) is 3.69. The van der Waals surface area contributed by atoms with E-state index in [-0.39, 0.29) is 6.10 Å². The molecule has 0 saturated carbocycles. The van der Waals surface area contributed by atoms with Crippen LogP contribution in [0.2, 0.25) is 0 Å². The fourth-order valence-electron chi connectivity index (χ4n) is 2.54. The molecule has 4 nitrogen and oxygen atoms in total. The summed E-state index contributed by atoms with van der Waals surface area (Å²) in [4.78, 5) is 4.71. The van der Waals surface area contributed by atoms with Gasteiger partial charge in [0.05, 0.1) is 12.2 Å². The van der Waals surface area contributed by atoms with Crippen molar-refractivity contribution in [2.75, 3.05) is 52.1 Å². The SMILES string of the molecule is CCN(CCCN(C)C)CC1CNc2ccccc2O1. The van der Waals surface area contributed by atoms with Gasteiger partial charge in [-0.1, -0.05) is 19.1 Å². The summed E-state index contributed by atoms with van der Waals surface area (Å²) in [6, 6.07) is 8.17. The minimum absolute atomic E-state index is 0.240. The van der Waals surface area contributed by atoms with Crippen molar-refractivity contribution < 1.29 is 4.74 Å². The summed E-state index contributed by atoms with van der Waals surface area (Å²) in [5.41, 5.74) is 1.11. The average molecular weight is 277 g/mol. The van der Waals surface area contributed by atoms with E-state index in [9.17, 15) is 0 Å². The van der Waals surface area contributed by atoms with Gasteiger partial charge < -0.3 is 15.0 Å². The van der Waals surface area contributed by atoms with Gasteiger partial charge in [-0.05, 0) is 52.3 Å². The van der Waals surface area contributed by atoms with Gasteiger partial charge in [0.1, 0.15) is 11.9 Å². The first-order valence-corrected chi connectivity index (χ1v) is 7.55. The Bertz CT molecular complexity index is 408. The predicted molar refractivity (Wildman–Crippen MR) is 84.6 cm³/mol. The lowest BCUT2D eigenvalue weighted by Crippen LogP contribution is -2.42. The fraction of sp³-hybridized carbons (Fsp3) is 0.625. The quantitative estimate of drug-likeness (QED) is 0.826. The largest absolute Gasteiger partial charge is 0.485 e. The molecule has 0 aromatic heterocycles. The molecule has 1 aromatic carbocycles. The Kier molecular flexibility index (Phi) is 5.68. The number of nitrogens with zero attached hydrogens (tertiary/aromatic N) is 2. The summed E-state index contributed by atoms with van der Waals surface area (Å²) in [6.07, 6.45) is 1.45. The van der Waals surface area contributed by atoms with Crippen LogP contribution in [0.1, 0.15) is 13.3 Å². The van der Waals surface area contributed by atoms with E-state index in [0.29, 0.717) is 0 Å². The molecule has 0 aliphatic carbocycles. The Morgan fingerprint density at radius 2 is 2.05 bits per heavy atom. The molecule has 1 heterocycles. The van der Waals surface area contributed by atoms with Gasteiger partial charge in [0, 0.05) is 6.54 Å². The number of rotatable bonds is 7. The maximum atomic E-state index is 6.08. The molecule has 1 aromatic rings. The van der Waals surface area contributed by atoms with Crippen LogP contribution in [0.25, 0.3) is 0 Å². The van der Waals surface area contributed by atoms with Crippen molar-refractivity contribution in [3.8, 4) is 5.75 Å². The van der Waals surface area contributed by atoms with E-state index in [1.54, 1.807) is 0 Å². The first-order valence-electron chi connectivity index (χ1n) is 7.55. The Morgan fingerprint density at radius 1 is 1.25 bits per heavy atom. The van der Waals surface area contributed by atoms with Crippen LogP contribution in [0.4, 0.5) is 5.69 Å². The molecule has 0 fully saturated rings. The van der Waals surface area contributed by atoms with Crippen LogP contribution in [-0.2, 0) is 0 Å². The topological polar surface area (TPSA) is 27.7 Å². The number of benzene rings is 1. The van der Waals surface area contributed by atoms with Crippen molar-refractivity contribution in [1.29, 1.82) is 0 Å². The second-order valence-corrected chi connectivity index (χ2v) is 5.67. The second-order valence-electron chi connectivity index (χ2n) is 5.67. The lowest BCUT2D eigenvalue weighted by Gasteiger charge is -2.31. The van der Waals surface area contributed by atoms with Crippen LogP contribution < -0.4 is 10.1 Å². The van der Waals surface area contributed by atoms with E-state index >= 15 is 0 Å². The third-order valence-corrected chi connectivity index (χ3v) is 3.69. The number of ether oxygens (including phenoxy) is 1. The first-order chi connectivity index (χ1) is 9.69. The van der Waals surface area contributed by atoms with Crippen LogP contribution >= 0.6 is 0 Å². The molecule has 0 radical (unpaired) electrons. The lowest BCUT2D eigenvalue weighted by atomic mass is 10.2. The maximum Gasteiger partial charge on any atom is 0.142 e. The predicted octanol–water partition coefficient (Wildman–Crippen LogP) is 2.13. The zero-order valence-electron chi connectivity index (χ0n) is 12.9. The van der Waals surface area contributed by atoms with Crippen molar-refractivity contribution in [2.24, 2.45) is 0 Å². The molecule has 112 valence electrons. The summed E-state index contributed by atoms with van der Waals surface area (Å²) in [6.45, 7) is 7.46. The summed E-state index contributed by atoms with van der Waals surface area (Å²) in [5, 5.41) is 3.46. The van der Waals surface area contributed by atoms with E-state index in [2.05, 4.69) is 42.2 Å². The number of fused-ring (bicyclic) bond motifs is 1. The van der Waals surface area contributed by atoms with Gasteiger partial charge in [-0.3, -0.25) is 4.90 Å². The van der Waals surface area contributed by atoms with Crippen LogP contribution in [0.3, 0.4) is 0 Å². The van der Waals surface area contributed by atoms with E-state index in [4.69, 9.17) is 4.74 Å². The van der Waals surface area contributed by atoms with E-state index in [0.717, 1.165) is 44.2 Å². The zero-order chi connectivity index (χ0) is 14.4. The van der Waals surface area contributed by atoms with Gasteiger partial charge in [-0.2, -0.15) is 0 Å². The van der Waals surface area contributed by atoms with Crippen molar-refractivity contribution in [3.63, 3.8) is 0 Å². The van der Waals surface area contributed by atoms with Crippen molar-refractivity contribution >= 4 is 5.69 Å². The molecule has 4 heteroatoms.